The molecule has 1 atom stereocenters. The van der Waals surface area contributed by atoms with Crippen LogP contribution in [0.15, 0.2) is 18.2 Å². The van der Waals surface area contributed by atoms with Crippen molar-refractivity contribution in [2.24, 2.45) is 5.92 Å². The van der Waals surface area contributed by atoms with Crippen LogP contribution in [0.2, 0.25) is 0 Å². The first-order valence-electron chi connectivity index (χ1n) is 6.75. The summed E-state index contributed by atoms with van der Waals surface area (Å²) in [6.45, 7) is 5.87. The Bertz CT molecular complexity index is 516. The second-order valence-corrected chi connectivity index (χ2v) is 5.04. The van der Waals surface area contributed by atoms with Crippen molar-refractivity contribution in [3.05, 3.63) is 28.3 Å². The van der Waals surface area contributed by atoms with Gasteiger partial charge in [0.1, 0.15) is 6.04 Å². The van der Waals surface area contributed by atoms with Gasteiger partial charge in [0.2, 0.25) is 0 Å². The number of hydrogen-bond acceptors (Lipinski definition) is 5. The van der Waals surface area contributed by atoms with Crippen molar-refractivity contribution in [1.29, 1.82) is 0 Å². The summed E-state index contributed by atoms with van der Waals surface area (Å²) in [5.41, 5.74) is 0.343. The quantitative estimate of drug-likeness (QED) is 0.565. The summed E-state index contributed by atoms with van der Waals surface area (Å²) in [6, 6.07) is 3.50. The van der Waals surface area contributed by atoms with Crippen molar-refractivity contribution < 1.29 is 19.6 Å². The average molecular weight is 296 g/mol. The van der Waals surface area contributed by atoms with Gasteiger partial charge >= 0.3 is 11.7 Å². The first-order valence-corrected chi connectivity index (χ1v) is 6.75. The monoisotopic (exact) mass is 296 g/mol. The summed E-state index contributed by atoms with van der Waals surface area (Å²) in [4.78, 5) is 21.6. The van der Waals surface area contributed by atoms with Crippen LogP contribution in [0, 0.1) is 16.0 Å². The van der Waals surface area contributed by atoms with Crippen LogP contribution in [0.3, 0.4) is 0 Å². The molecular weight excluding hydrogens is 276 g/mol. The summed E-state index contributed by atoms with van der Waals surface area (Å²) >= 11 is 0. The normalized spacial score (nSPS) is 12.0. The lowest BCUT2D eigenvalue weighted by atomic mass is 10.0. The number of nitro groups is 1. The van der Waals surface area contributed by atoms with E-state index in [0.717, 1.165) is 0 Å². The predicted molar refractivity (Wildman–Crippen MR) is 78.8 cm³/mol. The molecule has 1 unspecified atom stereocenters. The minimum Gasteiger partial charge on any atom is -0.487 e. The van der Waals surface area contributed by atoms with Crippen LogP contribution in [-0.2, 0) is 4.79 Å². The molecule has 7 nitrogen and oxygen atoms in total. The number of rotatable bonds is 8. The van der Waals surface area contributed by atoms with Crippen molar-refractivity contribution in [3.63, 3.8) is 0 Å². The average Bonchev–Trinajstić information content (AvgIpc) is 2.37. The van der Waals surface area contributed by atoms with Gasteiger partial charge < -0.3 is 15.2 Å². The van der Waals surface area contributed by atoms with E-state index in [2.05, 4.69) is 5.32 Å². The first kappa shape index (κ1) is 16.7. The number of nitro benzene ring substituents is 1. The van der Waals surface area contributed by atoms with Crippen molar-refractivity contribution in [2.45, 2.75) is 33.2 Å². The largest absolute Gasteiger partial charge is 0.487 e. The first-order chi connectivity index (χ1) is 9.85. The number of benzene rings is 1. The maximum absolute atomic E-state index is 11.2. The minimum atomic E-state index is -0.958. The van der Waals surface area contributed by atoms with Gasteiger partial charge in [-0.1, -0.05) is 13.8 Å². The number of ether oxygens (including phenoxy) is 1. The van der Waals surface area contributed by atoms with E-state index in [-0.39, 0.29) is 17.4 Å². The van der Waals surface area contributed by atoms with Crippen LogP contribution in [0.4, 0.5) is 11.4 Å². The summed E-state index contributed by atoms with van der Waals surface area (Å²) in [6.07, 6.45) is 0.455. The number of anilines is 1. The van der Waals surface area contributed by atoms with E-state index in [9.17, 15) is 20.0 Å². The third-order valence-corrected chi connectivity index (χ3v) is 2.80. The lowest BCUT2D eigenvalue weighted by Gasteiger charge is -2.18. The standard InChI is InChI=1S/C14H20N2O5/c1-4-21-13-8-10(5-6-12(13)16(19)20)15-11(14(17)18)7-9(2)3/h5-6,8-9,11,15H,4,7H2,1-3H3,(H,17,18). The van der Waals surface area contributed by atoms with Crippen LogP contribution in [0.1, 0.15) is 27.2 Å². The molecule has 0 bridgehead atoms. The maximum atomic E-state index is 11.2. The number of nitrogens with one attached hydrogen (secondary N) is 1. The molecule has 0 aliphatic heterocycles. The smallest absolute Gasteiger partial charge is 0.326 e. The van der Waals surface area contributed by atoms with Crippen LogP contribution < -0.4 is 10.1 Å². The number of aliphatic carboxylic acids is 1. The van der Waals surface area contributed by atoms with E-state index in [1.165, 1.54) is 18.2 Å². The molecule has 1 aromatic rings. The molecular formula is C14H20N2O5. The predicted octanol–water partition coefficient (Wildman–Crippen LogP) is 2.90. The number of nitrogens with zero attached hydrogens (tertiary/aromatic N) is 1. The molecule has 1 rings (SSSR count). The van der Waals surface area contributed by atoms with E-state index in [1.807, 2.05) is 13.8 Å². The molecule has 1 aromatic carbocycles. The molecule has 0 fully saturated rings. The van der Waals surface area contributed by atoms with Crippen LogP contribution >= 0.6 is 0 Å². The Kier molecular flexibility index (Phi) is 5.95. The lowest BCUT2D eigenvalue weighted by molar-refractivity contribution is -0.385. The van der Waals surface area contributed by atoms with Gasteiger partial charge in [0.05, 0.1) is 11.5 Å². The van der Waals surface area contributed by atoms with Gasteiger partial charge in [-0.05, 0) is 25.3 Å². The molecule has 0 spiro atoms. The number of hydrogen-bond donors (Lipinski definition) is 2. The molecule has 2 N–H and O–H groups in total. The van der Waals surface area contributed by atoms with Gasteiger partial charge in [-0.25, -0.2) is 4.79 Å². The summed E-state index contributed by atoms with van der Waals surface area (Å²) in [5.74, 6) is -0.621. The van der Waals surface area contributed by atoms with Gasteiger partial charge in [-0.2, -0.15) is 0 Å². The van der Waals surface area contributed by atoms with Crippen LogP contribution in [0.25, 0.3) is 0 Å². The third kappa shape index (κ3) is 4.94. The Labute approximate surface area is 123 Å². The molecule has 0 aliphatic rings. The number of carboxylic acids is 1. The van der Waals surface area contributed by atoms with Crippen LogP contribution in [0.5, 0.6) is 5.75 Å². The summed E-state index contributed by atoms with van der Waals surface area (Å²) in [5, 5.41) is 23.0. The van der Waals surface area contributed by atoms with Crippen molar-refractivity contribution in [2.75, 3.05) is 11.9 Å². The molecule has 0 amide bonds. The molecule has 0 aromatic heterocycles. The van der Waals surface area contributed by atoms with Crippen molar-refractivity contribution in [1.82, 2.24) is 0 Å². The number of carbonyl (C=O) groups is 1. The van der Waals surface area contributed by atoms with Gasteiger partial charge in [-0.15, -0.1) is 0 Å². The van der Waals surface area contributed by atoms with Gasteiger partial charge in [0, 0.05) is 17.8 Å². The molecule has 0 heterocycles. The van der Waals surface area contributed by atoms with E-state index >= 15 is 0 Å². The summed E-state index contributed by atoms with van der Waals surface area (Å²) in [7, 11) is 0. The zero-order chi connectivity index (χ0) is 16.0. The Morgan fingerprint density at radius 2 is 2.14 bits per heavy atom. The Hall–Kier alpha value is -2.31. The Morgan fingerprint density at radius 1 is 1.48 bits per heavy atom. The van der Waals surface area contributed by atoms with E-state index in [0.29, 0.717) is 18.7 Å². The Morgan fingerprint density at radius 3 is 2.62 bits per heavy atom. The molecule has 0 saturated carbocycles. The maximum Gasteiger partial charge on any atom is 0.326 e. The van der Waals surface area contributed by atoms with E-state index in [4.69, 9.17) is 4.74 Å². The van der Waals surface area contributed by atoms with E-state index in [1.54, 1.807) is 6.92 Å². The van der Waals surface area contributed by atoms with Crippen molar-refractivity contribution in [3.8, 4) is 5.75 Å². The summed E-state index contributed by atoms with van der Waals surface area (Å²) < 4.78 is 5.23. The minimum absolute atomic E-state index is 0.126. The third-order valence-electron chi connectivity index (χ3n) is 2.80. The fraction of sp³-hybridized carbons (Fsp3) is 0.500. The topological polar surface area (TPSA) is 102 Å². The highest BCUT2D eigenvalue weighted by Gasteiger charge is 2.21. The highest BCUT2D eigenvalue weighted by Crippen LogP contribution is 2.30. The van der Waals surface area contributed by atoms with Crippen molar-refractivity contribution >= 4 is 17.3 Å². The molecule has 21 heavy (non-hydrogen) atoms. The molecule has 0 aliphatic carbocycles. The Balaban J connectivity index is 2.99. The highest BCUT2D eigenvalue weighted by atomic mass is 16.6. The van der Waals surface area contributed by atoms with Gasteiger partial charge in [-0.3, -0.25) is 10.1 Å². The van der Waals surface area contributed by atoms with E-state index < -0.39 is 16.9 Å². The fourth-order valence-corrected chi connectivity index (χ4v) is 1.92. The fourth-order valence-electron chi connectivity index (χ4n) is 1.92. The molecule has 7 heteroatoms. The zero-order valence-electron chi connectivity index (χ0n) is 12.3. The highest BCUT2D eigenvalue weighted by molar-refractivity contribution is 5.77. The SMILES string of the molecule is CCOc1cc(NC(CC(C)C)C(=O)O)ccc1[N+](=O)[O-]. The molecule has 0 saturated heterocycles. The second-order valence-electron chi connectivity index (χ2n) is 5.04. The van der Waals surface area contributed by atoms with Crippen LogP contribution in [-0.4, -0.2) is 28.6 Å². The number of carboxylic acid groups (broad SMARTS) is 1. The lowest BCUT2D eigenvalue weighted by Crippen LogP contribution is -2.30. The van der Waals surface area contributed by atoms with Gasteiger partial charge in [0.25, 0.3) is 0 Å². The molecule has 116 valence electrons. The second kappa shape index (κ2) is 7.47. The van der Waals surface area contributed by atoms with Gasteiger partial charge in [0.15, 0.2) is 5.75 Å². The molecule has 0 radical (unpaired) electrons. The zero-order valence-corrected chi connectivity index (χ0v) is 12.3.